The van der Waals surface area contributed by atoms with Gasteiger partial charge in [0.25, 0.3) is 0 Å². The Morgan fingerprint density at radius 3 is 2.44 bits per heavy atom. The van der Waals surface area contributed by atoms with Gasteiger partial charge in [0, 0.05) is 18.8 Å². The summed E-state index contributed by atoms with van der Waals surface area (Å²) in [6.45, 7) is 3.49. The van der Waals surface area contributed by atoms with Crippen LogP contribution in [0.15, 0.2) is 23.2 Å². The van der Waals surface area contributed by atoms with Crippen molar-refractivity contribution in [2.75, 3.05) is 24.6 Å². The topological polar surface area (TPSA) is 70.6 Å². The molecule has 0 saturated heterocycles. The predicted octanol–water partition coefficient (Wildman–Crippen LogP) is 2.33. The smallest absolute Gasteiger partial charge is 0.357 e. The third-order valence-electron chi connectivity index (χ3n) is 3.27. The highest BCUT2D eigenvalue weighted by Crippen LogP contribution is 2.32. The number of halogens is 4. The third-order valence-corrected chi connectivity index (χ3v) is 4.98. The second kappa shape index (κ2) is 9.02. The number of benzene rings is 1. The molecular formula is C15H21F4N3O2S. The lowest BCUT2D eigenvalue weighted by Gasteiger charge is -2.14. The number of sulfone groups is 1. The molecule has 0 bridgehead atoms. The minimum Gasteiger partial charge on any atom is -0.357 e. The van der Waals surface area contributed by atoms with Crippen LogP contribution < -0.4 is 10.6 Å². The van der Waals surface area contributed by atoms with Crippen LogP contribution in [0.4, 0.5) is 17.6 Å². The molecule has 1 aromatic rings. The summed E-state index contributed by atoms with van der Waals surface area (Å²) in [4.78, 5) is 4.01. The van der Waals surface area contributed by atoms with E-state index in [1.807, 2.05) is 0 Å². The van der Waals surface area contributed by atoms with E-state index in [0.717, 1.165) is 12.1 Å². The van der Waals surface area contributed by atoms with Crippen LogP contribution in [0.5, 0.6) is 0 Å². The van der Waals surface area contributed by atoms with Crippen molar-refractivity contribution in [2.24, 2.45) is 4.99 Å². The molecule has 0 aromatic heterocycles. The van der Waals surface area contributed by atoms with E-state index in [-0.39, 0.29) is 36.1 Å². The van der Waals surface area contributed by atoms with Crippen molar-refractivity contribution >= 4 is 15.8 Å². The summed E-state index contributed by atoms with van der Waals surface area (Å²) in [7, 11) is -3.16. The summed E-state index contributed by atoms with van der Waals surface area (Å²) >= 11 is 0. The Kier molecular flexibility index (Phi) is 7.65. The van der Waals surface area contributed by atoms with Crippen LogP contribution >= 0.6 is 0 Å². The molecule has 5 nitrogen and oxygen atoms in total. The summed E-state index contributed by atoms with van der Waals surface area (Å²) in [5.74, 6) is -0.897. The quantitative estimate of drug-likeness (QED) is 0.431. The van der Waals surface area contributed by atoms with Crippen LogP contribution in [0, 0.1) is 5.82 Å². The number of alkyl halides is 3. The van der Waals surface area contributed by atoms with E-state index in [4.69, 9.17) is 0 Å². The normalized spacial score (nSPS) is 13.0. The number of nitrogens with zero attached hydrogens (tertiary/aromatic N) is 1. The molecule has 0 unspecified atom stereocenters. The van der Waals surface area contributed by atoms with Gasteiger partial charge in [-0.15, -0.1) is 0 Å². The fourth-order valence-electron chi connectivity index (χ4n) is 1.93. The van der Waals surface area contributed by atoms with Gasteiger partial charge in [-0.05, 0) is 24.6 Å². The van der Waals surface area contributed by atoms with Crippen LogP contribution in [0.25, 0.3) is 0 Å². The highest BCUT2D eigenvalue weighted by Gasteiger charge is 2.33. The van der Waals surface area contributed by atoms with Gasteiger partial charge in [-0.3, -0.25) is 0 Å². The lowest BCUT2D eigenvalue weighted by Crippen LogP contribution is -2.39. The molecule has 0 aliphatic carbocycles. The Hall–Kier alpha value is -1.84. The number of hydrogen-bond acceptors (Lipinski definition) is 3. The Morgan fingerprint density at radius 1 is 1.20 bits per heavy atom. The zero-order valence-electron chi connectivity index (χ0n) is 14.0. The van der Waals surface area contributed by atoms with Gasteiger partial charge in [0.05, 0.1) is 17.9 Å². The number of guanidine groups is 1. The van der Waals surface area contributed by atoms with Gasteiger partial charge in [-0.1, -0.05) is 13.0 Å². The summed E-state index contributed by atoms with van der Waals surface area (Å²) in [6.07, 6.45) is -4.69. The minimum atomic E-state index is -4.69. The number of aliphatic imine (C=N–C) groups is 1. The lowest BCUT2D eigenvalue weighted by atomic mass is 10.1. The molecule has 0 spiro atoms. The second-order valence-corrected chi connectivity index (χ2v) is 7.63. The van der Waals surface area contributed by atoms with Crippen LogP contribution in [0.3, 0.4) is 0 Å². The minimum absolute atomic E-state index is 0.00683. The van der Waals surface area contributed by atoms with Crippen LogP contribution in [0.1, 0.15) is 25.0 Å². The summed E-state index contributed by atoms with van der Waals surface area (Å²) in [5.41, 5.74) is -1.26. The van der Waals surface area contributed by atoms with Crippen LogP contribution in [-0.4, -0.2) is 39.0 Å². The SMILES string of the molecule is CCNC(=NCc1ccc(F)cc1C(F)(F)F)NCCS(=O)(=O)CC. The zero-order chi connectivity index (χ0) is 19.1. The van der Waals surface area contributed by atoms with Crippen molar-refractivity contribution < 1.29 is 26.0 Å². The predicted molar refractivity (Wildman–Crippen MR) is 88.5 cm³/mol. The van der Waals surface area contributed by atoms with E-state index >= 15 is 0 Å². The Labute approximate surface area is 144 Å². The molecule has 0 radical (unpaired) electrons. The largest absolute Gasteiger partial charge is 0.416 e. The van der Waals surface area contributed by atoms with E-state index < -0.39 is 27.4 Å². The second-order valence-electron chi connectivity index (χ2n) is 5.16. The summed E-state index contributed by atoms with van der Waals surface area (Å²) in [5, 5.41) is 5.57. The average Bonchev–Trinajstić information content (AvgIpc) is 2.52. The molecule has 0 atom stereocenters. The number of hydrogen-bond donors (Lipinski definition) is 2. The zero-order valence-corrected chi connectivity index (χ0v) is 14.8. The van der Waals surface area contributed by atoms with Gasteiger partial charge in [-0.2, -0.15) is 13.2 Å². The molecule has 0 aliphatic rings. The maximum absolute atomic E-state index is 13.1. The molecule has 0 saturated carbocycles. The monoisotopic (exact) mass is 383 g/mol. The van der Waals surface area contributed by atoms with E-state index in [1.54, 1.807) is 6.92 Å². The Balaban J connectivity index is 2.88. The van der Waals surface area contributed by atoms with Gasteiger partial charge in [0.1, 0.15) is 5.82 Å². The van der Waals surface area contributed by atoms with E-state index in [2.05, 4.69) is 15.6 Å². The van der Waals surface area contributed by atoms with Gasteiger partial charge in [0.2, 0.25) is 0 Å². The van der Waals surface area contributed by atoms with Gasteiger partial charge >= 0.3 is 6.18 Å². The summed E-state index contributed by atoms with van der Waals surface area (Å²) < 4.78 is 74.9. The molecular weight excluding hydrogens is 362 g/mol. The van der Waals surface area contributed by atoms with Gasteiger partial charge in [0.15, 0.2) is 15.8 Å². The molecule has 2 N–H and O–H groups in total. The van der Waals surface area contributed by atoms with Crippen molar-refractivity contribution in [3.63, 3.8) is 0 Å². The Bertz CT molecular complexity index is 703. The van der Waals surface area contributed by atoms with Crippen molar-refractivity contribution in [1.29, 1.82) is 0 Å². The molecule has 142 valence electrons. The summed E-state index contributed by atoms with van der Waals surface area (Å²) in [6, 6.07) is 2.40. The first kappa shape index (κ1) is 21.2. The van der Waals surface area contributed by atoms with Crippen molar-refractivity contribution in [3.05, 3.63) is 35.1 Å². The molecule has 1 rings (SSSR count). The molecule has 0 aliphatic heterocycles. The van der Waals surface area contributed by atoms with E-state index in [9.17, 15) is 26.0 Å². The maximum Gasteiger partial charge on any atom is 0.416 e. The molecule has 0 heterocycles. The fraction of sp³-hybridized carbons (Fsp3) is 0.533. The van der Waals surface area contributed by atoms with Crippen LogP contribution in [0.2, 0.25) is 0 Å². The van der Waals surface area contributed by atoms with Crippen molar-refractivity contribution in [1.82, 2.24) is 10.6 Å². The molecule has 1 aromatic carbocycles. The fourth-order valence-corrected chi connectivity index (χ4v) is 2.63. The average molecular weight is 383 g/mol. The highest BCUT2D eigenvalue weighted by molar-refractivity contribution is 7.91. The first-order chi connectivity index (χ1) is 11.6. The Morgan fingerprint density at radius 2 is 1.88 bits per heavy atom. The first-order valence-electron chi connectivity index (χ1n) is 7.67. The maximum atomic E-state index is 13.1. The van der Waals surface area contributed by atoms with Gasteiger partial charge in [-0.25, -0.2) is 17.8 Å². The van der Waals surface area contributed by atoms with Crippen LogP contribution in [-0.2, 0) is 22.6 Å². The molecule has 0 fully saturated rings. The van der Waals surface area contributed by atoms with E-state index in [0.29, 0.717) is 12.6 Å². The molecule has 10 heteroatoms. The van der Waals surface area contributed by atoms with Crippen molar-refractivity contribution in [2.45, 2.75) is 26.6 Å². The first-order valence-corrected chi connectivity index (χ1v) is 9.49. The van der Waals surface area contributed by atoms with Crippen molar-refractivity contribution in [3.8, 4) is 0 Å². The van der Waals surface area contributed by atoms with Gasteiger partial charge < -0.3 is 10.6 Å². The standard InChI is InChI=1S/C15H21F4N3O2S/c1-3-20-14(21-7-8-25(23,24)4-2)22-10-11-5-6-12(16)9-13(11)15(17,18)19/h5-6,9H,3-4,7-8,10H2,1-2H3,(H2,20,21,22). The number of rotatable bonds is 7. The highest BCUT2D eigenvalue weighted by atomic mass is 32.2. The lowest BCUT2D eigenvalue weighted by molar-refractivity contribution is -0.138. The number of nitrogens with one attached hydrogen (secondary N) is 2. The van der Waals surface area contributed by atoms with E-state index in [1.165, 1.54) is 6.92 Å². The molecule has 0 amide bonds. The molecule has 25 heavy (non-hydrogen) atoms. The third kappa shape index (κ3) is 7.29.